The molecule has 0 radical (unpaired) electrons. The van der Waals surface area contributed by atoms with Crippen molar-refractivity contribution < 1.29 is 13.7 Å². The van der Waals surface area contributed by atoms with Crippen LogP contribution >= 0.6 is 11.6 Å². The summed E-state index contributed by atoms with van der Waals surface area (Å²) >= 11 is 6.34. The molecule has 0 spiro atoms. The maximum absolute atomic E-state index is 15.2. The van der Waals surface area contributed by atoms with E-state index in [2.05, 4.69) is 20.8 Å². The Labute approximate surface area is 174 Å². The average Bonchev–Trinajstić information content (AvgIpc) is 3.01. The molecule has 1 saturated carbocycles. The topological polar surface area (TPSA) is 80.1 Å². The van der Waals surface area contributed by atoms with Crippen molar-refractivity contribution in [1.82, 2.24) is 15.5 Å². The van der Waals surface area contributed by atoms with E-state index in [0.717, 1.165) is 25.7 Å². The van der Waals surface area contributed by atoms with E-state index in [-0.39, 0.29) is 35.1 Å². The van der Waals surface area contributed by atoms with Gasteiger partial charge in [-0.25, -0.2) is 9.37 Å². The summed E-state index contributed by atoms with van der Waals surface area (Å²) < 4.78 is 20.4. The normalized spacial score (nSPS) is 27.8. The number of anilines is 1. The van der Waals surface area contributed by atoms with Crippen molar-refractivity contribution in [3.63, 3.8) is 0 Å². The lowest BCUT2D eigenvalue weighted by molar-refractivity contribution is -0.130. The highest BCUT2D eigenvalue weighted by Crippen LogP contribution is 2.37. The molecule has 2 aromatic heterocycles. The molecule has 0 aromatic carbocycles. The van der Waals surface area contributed by atoms with Crippen LogP contribution in [0.3, 0.4) is 0 Å². The van der Waals surface area contributed by atoms with Crippen LogP contribution in [0.2, 0.25) is 0 Å². The number of amides is 1. The largest absolute Gasteiger partial charge is 0.364 e. The van der Waals surface area contributed by atoms with E-state index >= 15 is 4.39 Å². The molecular formula is C21H26ClFN4O2. The number of rotatable bonds is 4. The first-order chi connectivity index (χ1) is 13.8. The lowest BCUT2D eigenvalue weighted by Gasteiger charge is -2.42. The number of pyridine rings is 1. The molecule has 1 amide bonds. The van der Waals surface area contributed by atoms with Crippen LogP contribution in [0.15, 0.2) is 16.8 Å². The number of alkyl halides is 1. The lowest BCUT2D eigenvalue weighted by atomic mass is 9.74. The zero-order valence-corrected chi connectivity index (χ0v) is 17.6. The summed E-state index contributed by atoms with van der Waals surface area (Å²) in [6.45, 7) is 5.43. The lowest BCUT2D eigenvalue weighted by Crippen LogP contribution is -2.55. The standard InChI is InChI=1S/C21H26ClFN4O2/c1-10(16-9-13-8-14(22)4-5-17(13)26-21(16)28)25-20-19(23)15(6-7-24-20)18-11(2)27-29-12(18)3/h6-7,10,13-14,16-17H,4-5,8-9H2,1-3H3,(H,24,25)(H,26,28)/t10-,13?,14?,16?,17?/m0/s1. The summed E-state index contributed by atoms with van der Waals surface area (Å²) in [7, 11) is 0. The Balaban J connectivity index is 1.53. The smallest absolute Gasteiger partial charge is 0.225 e. The summed E-state index contributed by atoms with van der Waals surface area (Å²) in [5.74, 6) is 0.329. The van der Waals surface area contributed by atoms with Gasteiger partial charge in [0.1, 0.15) is 5.76 Å². The van der Waals surface area contributed by atoms with Crippen molar-refractivity contribution in [3.05, 3.63) is 29.5 Å². The van der Waals surface area contributed by atoms with Gasteiger partial charge in [-0.1, -0.05) is 5.16 Å². The third-order valence-electron chi connectivity index (χ3n) is 6.30. The molecule has 2 N–H and O–H groups in total. The van der Waals surface area contributed by atoms with Gasteiger partial charge in [0.2, 0.25) is 5.91 Å². The highest BCUT2D eigenvalue weighted by Gasteiger charge is 2.41. The number of carbonyl (C=O) groups excluding carboxylic acids is 1. The van der Waals surface area contributed by atoms with Crippen LogP contribution in [-0.4, -0.2) is 33.5 Å². The number of aryl methyl sites for hydroxylation is 2. The van der Waals surface area contributed by atoms with E-state index in [4.69, 9.17) is 16.1 Å². The van der Waals surface area contributed by atoms with E-state index in [1.807, 2.05) is 6.92 Å². The molecule has 1 aliphatic heterocycles. The molecule has 8 heteroatoms. The minimum Gasteiger partial charge on any atom is -0.364 e. The van der Waals surface area contributed by atoms with E-state index in [0.29, 0.717) is 28.5 Å². The molecule has 5 atom stereocenters. The second-order valence-electron chi connectivity index (χ2n) is 8.28. The maximum atomic E-state index is 15.2. The number of nitrogens with zero attached hydrogens (tertiary/aromatic N) is 2. The molecule has 1 saturated heterocycles. The molecule has 3 heterocycles. The summed E-state index contributed by atoms with van der Waals surface area (Å²) in [5.41, 5.74) is 1.64. The number of hydrogen-bond acceptors (Lipinski definition) is 5. The van der Waals surface area contributed by atoms with Crippen LogP contribution in [0.1, 0.15) is 44.1 Å². The summed E-state index contributed by atoms with van der Waals surface area (Å²) in [5, 5.41) is 10.3. The fourth-order valence-corrected chi connectivity index (χ4v) is 5.09. The third-order valence-corrected chi connectivity index (χ3v) is 6.70. The molecule has 6 nitrogen and oxygen atoms in total. The fourth-order valence-electron chi connectivity index (χ4n) is 4.73. The van der Waals surface area contributed by atoms with Gasteiger partial charge in [0.25, 0.3) is 0 Å². The van der Waals surface area contributed by atoms with E-state index in [9.17, 15) is 4.79 Å². The average molecular weight is 421 g/mol. The van der Waals surface area contributed by atoms with Gasteiger partial charge in [-0.2, -0.15) is 0 Å². The molecule has 29 heavy (non-hydrogen) atoms. The molecule has 2 fully saturated rings. The third kappa shape index (κ3) is 3.84. The van der Waals surface area contributed by atoms with Crippen molar-refractivity contribution >= 4 is 23.3 Å². The fraction of sp³-hybridized carbons (Fsp3) is 0.571. The Bertz CT molecular complexity index is 899. The second kappa shape index (κ2) is 7.94. The van der Waals surface area contributed by atoms with Crippen molar-refractivity contribution in [2.45, 2.75) is 63.9 Å². The molecule has 2 aromatic rings. The molecule has 4 rings (SSSR count). The minimum atomic E-state index is -0.471. The van der Waals surface area contributed by atoms with E-state index in [1.165, 1.54) is 0 Å². The Morgan fingerprint density at radius 1 is 1.34 bits per heavy atom. The van der Waals surface area contributed by atoms with Crippen molar-refractivity contribution in [3.8, 4) is 11.1 Å². The summed E-state index contributed by atoms with van der Waals surface area (Å²) in [6, 6.07) is 1.55. The van der Waals surface area contributed by atoms with Crippen LogP contribution in [-0.2, 0) is 4.79 Å². The van der Waals surface area contributed by atoms with Gasteiger partial charge in [-0.05, 0) is 58.4 Å². The van der Waals surface area contributed by atoms with Gasteiger partial charge in [-0.3, -0.25) is 4.79 Å². The first kappa shape index (κ1) is 20.1. The highest BCUT2D eigenvalue weighted by molar-refractivity contribution is 6.20. The number of halogens is 2. The number of fused-ring (bicyclic) bond motifs is 1. The number of piperidine rings is 1. The zero-order chi connectivity index (χ0) is 20.7. The first-order valence-corrected chi connectivity index (χ1v) is 10.6. The number of nitrogens with one attached hydrogen (secondary N) is 2. The van der Waals surface area contributed by atoms with Crippen molar-refractivity contribution in [1.29, 1.82) is 0 Å². The van der Waals surface area contributed by atoms with Crippen LogP contribution in [0.25, 0.3) is 11.1 Å². The van der Waals surface area contributed by atoms with Crippen LogP contribution in [0, 0.1) is 31.5 Å². The maximum Gasteiger partial charge on any atom is 0.225 e. The van der Waals surface area contributed by atoms with E-state index < -0.39 is 5.82 Å². The van der Waals surface area contributed by atoms with Gasteiger partial charge >= 0.3 is 0 Å². The Morgan fingerprint density at radius 3 is 2.86 bits per heavy atom. The number of hydrogen-bond donors (Lipinski definition) is 2. The van der Waals surface area contributed by atoms with Gasteiger partial charge in [0.05, 0.1) is 17.2 Å². The van der Waals surface area contributed by atoms with Crippen LogP contribution in [0.4, 0.5) is 10.2 Å². The predicted molar refractivity (Wildman–Crippen MR) is 109 cm³/mol. The molecule has 4 unspecified atom stereocenters. The van der Waals surface area contributed by atoms with Gasteiger partial charge in [-0.15, -0.1) is 11.6 Å². The highest BCUT2D eigenvalue weighted by atomic mass is 35.5. The van der Waals surface area contributed by atoms with Crippen molar-refractivity contribution in [2.75, 3.05) is 5.32 Å². The summed E-state index contributed by atoms with van der Waals surface area (Å²) in [6.07, 6.45) is 5.07. The first-order valence-electron chi connectivity index (χ1n) is 10.1. The Hall–Kier alpha value is -2.15. The number of aromatic nitrogens is 2. The molecule has 1 aliphatic carbocycles. The second-order valence-corrected chi connectivity index (χ2v) is 8.90. The van der Waals surface area contributed by atoms with Gasteiger partial charge in [0, 0.05) is 29.2 Å². The zero-order valence-electron chi connectivity index (χ0n) is 16.8. The number of carbonyl (C=O) groups is 1. The predicted octanol–water partition coefficient (Wildman–Crippen LogP) is 4.21. The van der Waals surface area contributed by atoms with Gasteiger partial charge in [0.15, 0.2) is 11.6 Å². The minimum absolute atomic E-state index is 0.0153. The quantitative estimate of drug-likeness (QED) is 0.724. The molecule has 156 valence electrons. The van der Waals surface area contributed by atoms with E-state index in [1.54, 1.807) is 26.1 Å². The molecular weight excluding hydrogens is 395 g/mol. The Morgan fingerprint density at radius 2 is 2.14 bits per heavy atom. The molecule has 2 aliphatic rings. The van der Waals surface area contributed by atoms with Crippen LogP contribution < -0.4 is 10.6 Å². The SMILES string of the molecule is Cc1noc(C)c1-c1ccnc(N[C@@H](C)C2CC3CC(Cl)CCC3NC2=O)c1F. The monoisotopic (exact) mass is 420 g/mol. The molecule has 0 bridgehead atoms. The Kier molecular flexibility index (Phi) is 5.51. The summed E-state index contributed by atoms with van der Waals surface area (Å²) in [4.78, 5) is 16.8. The van der Waals surface area contributed by atoms with Crippen LogP contribution in [0.5, 0.6) is 0 Å². The van der Waals surface area contributed by atoms with Crippen molar-refractivity contribution in [2.24, 2.45) is 11.8 Å². The van der Waals surface area contributed by atoms with Gasteiger partial charge < -0.3 is 15.2 Å².